The Morgan fingerprint density at radius 1 is 1.33 bits per heavy atom. The van der Waals surface area contributed by atoms with E-state index in [-0.39, 0.29) is 5.92 Å². The van der Waals surface area contributed by atoms with Crippen molar-refractivity contribution in [3.63, 3.8) is 0 Å². The normalized spacial score (nSPS) is 23.6. The molecular weight excluding hydrogens is 296 g/mol. The molecule has 1 amide bonds. The van der Waals surface area contributed by atoms with Crippen molar-refractivity contribution in [2.45, 2.75) is 65.3 Å². The number of carbonyl (C=O) groups is 1. The van der Waals surface area contributed by atoms with E-state index in [1.165, 1.54) is 30.5 Å². The van der Waals surface area contributed by atoms with Crippen molar-refractivity contribution in [3.05, 3.63) is 29.3 Å². The summed E-state index contributed by atoms with van der Waals surface area (Å²) in [5.74, 6) is 1.24. The van der Waals surface area contributed by atoms with Gasteiger partial charge >= 0.3 is 0 Å². The number of nitrogens with one attached hydrogen (secondary N) is 1. The third kappa shape index (κ3) is 3.51. The molecule has 2 atom stereocenters. The van der Waals surface area contributed by atoms with Crippen molar-refractivity contribution in [2.75, 3.05) is 18.0 Å². The molecule has 1 N–H and O–H groups in total. The van der Waals surface area contributed by atoms with Gasteiger partial charge in [0.05, 0.1) is 0 Å². The predicted molar refractivity (Wildman–Crippen MR) is 100 cm³/mol. The SMILES string of the molecule is CCC(CC)C(=O)N1c2ccc(CC3CCCNC3)cc2CC1C. The molecule has 0 spiro atoms. The van der Waals surface area contributed by atoms with Crippen LogP contribution in [0.2, 0.25) is 0 Å². The van der Waals surface area contributed by atoms with Gasteiger partial charge in [-0.05, 0) is 81.6 Å². The largest absolute Gasteiger partial charge is 0.316 e. The minimum absolute atomic E-state index is 0.159. The summed E-state index contributed by atoms with van der Waals surface area (Å²) < 4.78 is 0. The molecule has 3 rings (SSSR count). The number of nitrogens with zero attached hydrogens (tertiary/aromatic N) is 1. The summed E-state index contributed by atoms with van der Waals surface area (Å²) in [5, 5.41) is 3.51. The van der Waals surface area contributed by atoms with E-state index in [4.69, 9.17) is 0 Å². The molecule has 1 aromatic rings. The summed E-state index contributed by atoms with van der Waals surface area (Å²) in [4.78, 5) is 15.0. The lowest BCUT2D eigenvalue weighted by Gasteiger charge is -2.27. The molecule has 3 nitrogen and oxygen atoms in total. The Hall–Kier alpha value is -1.35. The predicted octanol–water partition coefficient (Wildman–Crippen LogP) is 3.94. The van der Waals surface area contributed by atoms with Crippen molar-refractivity contribution in [3.8, 4) is 0 Å². The minimum Gasteiger partial charge on any atom is -0.316 e. The van der Waals surface area contributed by atoms with E-state index in [0.717, 1.165) is 43.8 Å². The summed E-state index contributed by atoms with van der Waals surface area (Å²) in [6.07, 6.45) is 6.65. The van der Waals surface area contributed by atoms with E-state index >= 15 is 0 Å². The standard InChI is InChI=1S/C21H32N2O/c1-4-18(5-2)21(24)23-15(3)11-19-13-16(8-9-20(19)23)12-17-7-6-10-22-14-17/h8-9,13,15,17-18,22H,4-7,10-12,14H2,1-3H3. The molecule has 132 valence electrons. The molecule has 2 aliphatic rings. The van der Waals surface area contributed by atoms with E-state index in [9.17, 15) is 4.79 Å². The lowest BCUT2D eigenvalue weighted by atomic mass is 9.91. The fourth-order valence-corrected chi connectivity index (χ4v) is 4.41. The van der Waals surface area contributed by atoms with Crippen LogP contribution in [0.25, 0.3) is 0 Å². The zero-order valence-electron chi connectivity index (χ0n) is 15.5. The quantitative estimate of drug-likeness (QED) is 0.888. The minimum atomic E-state index is 0.159. The number of amides is 1. The lowest BCUT2D eigenvalue weighted by Crippen LogP contribution is -2.39. The van der Waals surface area contributed by atoms with E-state index in [2.05, 4.69) is 49.2 Å². The van der Waals surface area contributed by atoms with Crippen LogP contribution < -0.4 is 10.2 Å². The number of piperidine rings is 1. The Morgan fingerprint density at radius 3 is 2.79 bits per heavy atom. The Morgan fingerprint density at radius 2 is 2.12 bits per heavy atom. The molecule has 0 aliphatic carbocycles. The van der Waals surface area contributed by atoms with E-state index in [1.54, 1.807) is 0 Å². The van der Waals surface area contributed by atoms with Crippen molar-refractivity contribution in [1.82, 2.24) is 5.32 Å². The number of rotatable bonds is 5. The van der Waals surface area contributed by atoms with Gasteiger partial charge in [0.2, 0.25) is 5.91 Å². The highest BCUT2D eigenvalue weighted by Gasteiger charge is 2.33. The maximum atomic E-state index is 12.9. The van der Waals surface area contributed by atoms with E-state index in [1.807, 2.05) is 0 Å². The van der Waals surface area contributed by atoms with Crippen LogP contribution in [-0.4, -0.2) is 25.0 Å². The smallest absolute Gasteiger partial charge is 0.230 e. The van der Waals surface area contributed by atoms with Crippen LogP contribution in [0.5, 0.6) is 0 Å². The van der Waals surface area contributed by atoms with Crippen LogP contribution in [0.15, 0.2) is 18.2 Å². The first-order valence-electron chi connectivity index (χ1n) is 9.79. The van der Waals surface area contributed by atoms with Gasteiger partial charge in [0, 0.05) is 17.6 Å². The zero-order chi connectivity index (χ0) is 17.1. The molecule has 0 aromatic heterocycles. The van der Waals surface area contributed by atoms with Gasteiger partial charge in [0.25, 0.3) is 0 Å². The highest BCUT2D eigenvalue weighted by molar-refractivity contribution is 5.97. The number of hydrogen-bond acceptors (Lipinski definition) is 2. The summed E-state index contributed by atoms with van der Waals surface area (Å²) >= 11 is 0. The second-order valence-electron chi connectivity index (χ2n) is 7.65. The maximum Gasteiger partial charge on any atom is 0.230 e. The molecule has 3 heteroatoms. The van der Waals surface area contributed by atoms with Crippen LogP contribution in [0.1, 0.15) is 57.6 Å². The maximum absolute atomic E-state index is 12.9. The van der Waals surface area contributed by atoms with Crippen molar-refractivity contribution in [2.24, 2.45) is 11.8 Å². The fraction of sp³-hybridized carbons (Fsp3) is 0.667. The van der Waals surface area contributed by atoms with Crippen LogP contribution in [0.3, 0.4) is 0 Å². The molecule has 1 saturated heterocycles. The van der Waals surface area contributed by atoms with E-state index < -0.39 is 0 Å². The van der Waals surface area contributed by atoms with Crippen LogP contribution >= 0.6 is 0 Å². The van der Waals surface area contributed by atoms with E-state index in [0.29, 0.717) is 11.9 Å². The van der Waals surface area contributed by atoms with Gasteiger partial charge in [-0.15, -0.1) is 0 Å². The third-order valence-electron chi connectivity index (χ3n) is 5.86. The Kier molecular flexibility index (Phi) is 5.60. The molecule has 2 heterocycles. The molecule has 2 aliphatic heterocycles. The van der Waals surface area contributed by atoms with Crippen LogP contribution in [0, 0.1) is 11.8 Å². The highest BCUT2D eigenvalue weighted by Crippen LogP contribution is 2.35. The van der Waals surface area contributed by atoms with Gasteiger partial charge in [-0.2, -0.15) is 0 Å². The van der Waals surface area contributed by atoms with Gasteiger partial charge in [-0.3, -0.25) is 4.79 Å². The second kappa shape index (κ2) is 7.69. The topological polar surface area (TPSA) is 32.3 Å². The molecule has 2 unspecified atom stereocenters. The number of carbonyl (C=O) groups excluding carboxylic acids is 1. The Bertz CT molecular complexity index is 573. The van der Waals surface area contributed by atoms with Crippen LogP contribution in [-0.2, 0) is 17.6 Å². The monoisotopic (exact) mass is 328 g/mol. The van der Waals surface area contributed by atoms with Gasteiger partial charge in [0.1, 0.15) is 0 Å². The molecule has 0 radical (unpaired) electrons. The third-order valence-corrected chi connectivity index (χ3v) is 5.86. The molecule has 1 fully saturated rings. The first-order chi connectivity index (χ1) is 11.6. The second-order valence-corrected chi connectivity index (χ2v) is 7.65. The molecule has 0 saturated carbocycles. The first-order valence-corrected chi connectivity index (χ1v) is 9.79. The van der Waals surface area contributed by atoms with Crippen molar-refractivity contribution >= 4 is 11.6 Å². The molecular formula is C21H32N2O. The lowest BCUT2D eigenvalue weighted by molar-refractivity contribution is -0.122. The number of anilines is 1. The van der Waals surface area contributed by atoms with Gasteiger partial charge in [-0.1, -0.05) is 26.0 Å². The molecule has 1 aromatic carbocycles. The highest BCUT2D eigenvalue weighted by atomic mass is 16.2. The number of benzene rings is 1. The van der Waals surface area contributed by atoms with Crippen molar-refractivity contribution < 1.29 is 4.79 Å². The molecule has 0 bridgehead atoms. The summed E-state index contributed by atoms with van der Waals surface area (Å²) in [5.41, 5.74) is 3.96. The summed E-state index contributed by atoms with van der Waals surface area (Å²) in [6, 6.07) is 7.10. The molecule has 24 heavy (non-hydrogen) atoms. The number of hydrogen-bond donors (Lipinski definition) is 1. The van der Waals surface area contributed by atoms with Crippen LogP contribution in [0.4, 0.5) is 5.69 Å². The van der Waals surface area contributed by atoms with Gasteiger partial charge in [-0.25, -0.2) is 0 Å². The van der Waals surface area contributed by atoms with Crippen molar-refractivity contribution in [1.29, 1.82) is 0 Å². The van der Waals surface area contributed by atoms with Gasteiger partial charge in [0.15, 0.2) is 0 Å². The fourth-order valence-electron chi connectivity index (χ4n) is 4.41. The average molecular weight is 329 g/mol. The van der Waals surface area contributed by atoms with Gasteiger partial charge < -0.3 is 10.2 Å². The Labute approximate surface area is 146 Å². The summed E-state index contributed by atoms with van der Waals surface area (Å²) in [7, 11) is 0. The first kappa shape index (κ1) is 17.5. The Balaban J connectivity index is 1.76. The average Bonchev–Trinajstić information content (AvgIpc) is 2.91. The summed E-state index contributed by atoms with van der Waals surface area (Å²) in [6.45, 7) is 8.74. The zero-order valence-corrected chi connectivity index (χ0v) is 15.5. The number of fused-ring (bicyclic) bond motifs is 1.